The van der Waals surface area contributed by atoms with Crippen LogP contribution in [0.3, 0.4) is 0 Å². The van der Waals surface area contributed by atoms with Crippen LogP contribution < -0.4 is 5.32 Å². The van der Waals surface area contributed by atoms with Crippen LogP contribution in [0, 0.1) is 5.41 Å². The molecule has 4 heteroatoms. The van der Waals surface area contributed by atoms with E-state index in [0.717, 1.165) is 25.9 Å². The van der Waals surface area contributed by atoms with E-state index in [1.165, 1.54) is 6.42 Å². The minimum Gasteiger partial charge on any atom is -0.378 e. The van der Waals surface area contributed by atoms with Gasteiger partial charge < -0.3 is 10.1 Å². The van der Waals surface area contributed by atoms with Gasteiger partial charge in [0.25, 0.3) is 0 Å². The minimum atomic E-state index is -0.389. The van der Waals surface area contributed by atoms with Crippen LogP contribution in [0.1, 0.15) is 52.9 Å². The minimum absolute atomic E-state index is 0.0539. The van der Waals surface area contributed by atoms with Crippen molar-refractivity contribution in [3.63, 3.8) is 0 Å². The monoisotopic (exact) mass is 255 g/mol. The van der Waals surface area contributed by atoms with Gasteiger partial charge in [0.05, 0.1) is 12.6 Å². The summed E-state index contributed by atoms with van der Waals surface area (Å²) in [5, 5.41) is 2.68. The van der Waals surface area contributed by atoms with E-state index in [1.807, 2.05) is 20.8 Å². The number of Topliss-reactive ketones (excluding diaryl/α,β-unsaturated/α-hetero) is 1. The van der Waals surface area contributed by atoms with Crippen molar-refractivity contribution in [1.82, 2.24) is 5.32 Å². The molecule has 0 aliphatic carbocycles. The van der Waals surface area contributed by atoms with Gasteiger partial charge in [0, 0.05) is 18.4 Å². The predicted octanol–water partition coefficient (Wildman–Crippen LogP) is 2.07. The standard InChI is InChI=1S/C14H25NO3/c1-14(2,3)12(16)10-15-13(17)8-7-11-6-4-5-9-18-11/h11H,4-10H2,1-3H3,(H,15,17). The van der Waals surface area contributed by atoms with Crippen molar-refractivity contribution in [3.8, 4) is 0 Å². The molecule has 1 heterocycles. The number of rotatable bonds is 5. The Morgan fingerprint density at radius 2 is 2.00 bits per heavy atom. The van der Waals surface area contributed by atoms with Gasteiger partial charge in [0.1, 0.15) is 0 Å². The normalized spacial score (nSPS) is 20.5. The molecule has 1 atom stereocenters. The largest absolute Gasteiger partial charge is 0.378 e. The number of carbonyl (C=O) groups is 2. The Kier molecular flexibility index (Phi) is 5.79. The van der Waals surface area contributed by atoms with Gasteiger partial charge in [0.15, 0.2) is 5.78 Å². The molecule has 0 saturated carbocycles. The van der Waals surface area contributed by atoms with Gasteiger partial charge in [0.2, 0.25) is 5.91 Å². The molecule has 1 N–H and O–H groups in total. The zero-order valence-electron chi connectivity index (χ0n) is 11.8. The average molecular weight is 255 g/mol. The quantitative estimate of drug-likeness (QED) is 0.818. The van der Waals surface area contributed by atoms with Gasteiger partial charge >= 0.3 is 0 Å². The summed E-state index contributed by atoms with van der Waals surface area (Å²) in [4.78, 5) is 23.2. The molecule has 1 saturated heterocycles. The van der Waals surface area contributed by atoms with E-state index in [0.29, 0.717) is 6.42 Å². The van der Waals surface area contributed by atoms with E-state index in [2.05, 4.69) is 5.32 Å². The highest BCUT2D eigenvalue weighted by atomic mass is 16.5. The van der Waals surface area contributed by atoms with E-state index in [1.54, 1.807) is 0 Å². The lowest BCUT2D eigenvalue weighted by molar-refractivity contribution is -0.129. The summed E-state index contributed by atoms with van der Waals surface area (Å²) < 4.78 is 5.56. The number of carbonyl (C=O) groups excluding carboxylic acids is 2. The molecule has 1 unspecified atom stereocenters. The number of hydrogen-bond acceptors (Lipinski definition) is 3. The Hall–Kier alpha value is -0.900. The van der Waals surface area contributed by atoms with Crippen molar-refractivity contribution in [2.75, 3.05) is 13.2 Å². The molecule has 1 aliphatic rings. The van der Waals surface area contributed by atoms with Crippen LogP contribution in [0.4, 0.5) is 0 Å². The van der Waals surface area contributed by atoms with Crippen LogP contribution in [-0.4, -0.2) is 30.9 Å². The van der Waals surface area contributed by atoms with Crippen molar-refractivity contribution in [3.05, 3.63) is 0 Å². The van der Waals surface area contributed by atoms with Gasteiger partial charge in [-0.15, -0.1) is 0 Å². The Morgan fingerprint density at radius 1 is 1.28 bits per heavy atom. The van der Waals surface area contributed by atoms with Crippen LogP contribution in [0.25, 0.3) is 0 Å². The number of hydrogen-bond donors (Lipinski definition) is 1. The predicted molar refractivity (Wildman–Crippen MR) is 70.3 cm³/mol. The number of nitrogens with one attached hydrogen (secondary N) is 1. The lowest BCUT2D eigenvalue weighted by Crippen LogP contribution is -2.35. The fourth-order valence-corrected chi connectivity index (χ4v) is 1.86. The van der Waals surface area contributed by atoms with Gasteiger partial charge in [-0.25, -0.2) is 0 Å². The van der Waals surface area contributed by atoms with Crippen molar-refractivity contribution in [1.29, 1.82) is 0 Å². The van der Waals surface area contributed by atoms with Crippen molar-refractivity contribution < 1.29 is 14.3 Å². The maximum atomic E-state index is 11.6. The first-order chi connectivity index (χ1) is 8.39. The molecule has 1 aliphatic heterocycles. The Morgan fingerprint density at radius 3 is 2.56 bits per heavy atom. The van der Waals surface area contributed by atoms with Crippen LogP contribution >= 0.6 is 0 Å². The van der Waals surface area contributed by atoms with E-state index in [-0.39, 0.29) is 29.8 Å². The van der Waals surface area contributed by atoms with Crippen LogP contribution in [0.2, 0.25) is 0 Å². The van der Waals surface area contributed by atoms with E-state index in [9.17, 15) is 9.59 Å². The van der Waals surface area contributed by atoms with Crippen LogP contribution in [-0.2, 0) is 14.3 Å². The van der Waals surface area contributed by atoms with E-state index in [4.69, 9.17) is 4.74 Å². The average Bonchev–Trinajstić information content (AvgIpc) is 2.33. The Bertz CT molecular complexity index is 288. The molecule has 0 spiro atoms. The molecular weight excluding hydrogens is 230 g/mol. The summed E-state index contributed by atoms with van der Waals surface area (Å²) in [6.45, 7) is 6.52. The Balaban J connectivity index is 2.15. The molecule has 4 nitrogen and oxygen atoms in total. The number of ketones is 1. The highest BCUT2D eigenvalue weighted by Gasteiger charge is 2.21. The Labute approximate surface area is 109 Å². The molecule has 1 fully saturated rings. The summed E-state index contributed by atoms with van der Waals surface area (Å²) in [6.07, 6.45) is 4.80. The smallest absolute Gasteiger partial charge is 0.220 e. The van der Waals surface area contributed by atoms with Gasteiger partial charge in [-0.2, -0.15) is 0 Å². The molecule has 0 aromatic heterocycles. The third-order valence-corrected chi connectivity index (χ3v) is 3.25. The SMILES string of the molecule is CC(C)(C)C(=O)CNC(=O)CCC1CCCCO1. The van der Waals surface area contributed by atoms with Crippen LogP contribution in [0.15, 0.2) is 0 Å². The van der Waals surface area contributed by atoms with Gasteiger partial charge in [-0.1, -0.05) is 20.8 Å². The third kappa shape index (κ3) is 5.63. The van der Waals surface area contributed by atoms with Gasteiger partial charge in [-0.05, 0) is 25.7 Å². The first kappa shape index (κ1) is 15.2. The summed E-state index contributed by atoms with van der Waals surface area (Å²) in [5.41, 5.74) is -0.389. The highest BCUT2D eigenvalue weighted by Crippen LogP contribution is 2.17. The second-order valence-electron chi connectivity index (χ2n) is 5.98. The van der Waals surface area contributed by atoms with Gasteiger partial charge in [-0.3, -0.25) is 9.59 Å². The van der Waals surface area contributed by atoms with Crippen molar-refractivity contribution in [2.24, 2.45) is 5.41 Å². The molecule has 0 radical (unpaired) electrons. The third-order valence-electron chi connectivity index (χ3n) is 3.25. The number of ether oxygens (including phenoxy) is 1. The second-order valence-corrected chi connectivity index (χ2v) is 5.98. The summed E-state index contributed by atoms with van der Waals surface area (Å²) in [7, 11) is 0. The molecule has 18 heavy (non-hydrogen) atoms. The molecule has 0 aromatic carbocycles. The molecule has 104 valence electrons. The van der Waals surface area contributed by atoms with Crippen molar-refractivity contribution >= 4 is 11.7 Å². The maximum Gasteiger partial charge on any atom is 0.220 e. The van der Waals surface area contributed by atoms with Crippen LogP contribution in [0.5, 0.6) is 0 Å². The zero-order valence-corrected chi connectivity index (χ0v) is 11.8. The molecule has 0 aromatic rings. The van der Waals surface area contributed by atoms with Crippen molar-refractivity contribution in [2.45, 2.75) is 59.0 Å². The topological polar surface area (TPSA) is 55.4 Å². The number of amides is 1. The molecule has 1 rings (SSSR count). The molecule has 0 bridgehead atoms. The molecular formula is C14H25NO3. The summed E-state index contributed by atoms with van der Waals surface area (Å²) >= 11 is 0. The highest BCUT2D eigenvalue weighted by molar-refractivity contribution is 5.89. The zero-order chi connectivity index (χ0) is 13.6. The first-order valence-electron chi connectivity index (χ1n) is 6.81. The molecule has 1 amide bonds. The maximum absolute atomic E-state index is 11.6. The fourth-order valence-electron chi connectivity index (χ4n) is 1.86. The lowest BCUT2D eigenvalue weighted by Gasteiger charge is -2.22. The first-order valence-corrected chi connectivity index (χ1v) is 6.81. The van der Waals surface area contributed by atoms with E-state index >= 15 is 0 Å². The summed E-state index contributed by atoms with van der Waals surface area (Å²) in [5.74, 6) is 0.00606. The lowest BCUT2D eigenvalue weighted by atomic mass is 9.91. The summed E-state index contributed by atoms with van der Waals surface area (Å²) in [6, 6.07) is 0. The fraction of sp³-hybridized carbons (Fsp3) is 0.857. The van der Waals surface area contributed by atoms with E-state index < -0.39 is 0 Å². The second kappa shape index (κ2) is 6.88.